The highest BCUT2D eigenvalue weighted by atomic mass is 16.5. The molecule has 0 saturated carbocycles. The summed E-state index contributed by atoms with van der Waals surface area (Å²) in [6.07, 6.45) is 7.46. The van der Waals surface area contributed by atoms with Crippen LogP contribution in [-0.2, 0) is 0 Å². The molecule has 2 aromatic carbocycles. The van der Waals surface area contributed by atoms with Gasteiger partial charge in [-0.1, -0.05) is 44.0 Å². The van der Waals surface area contributed by atoms with Crippen LogP contribution < -0.4 is 9.47 Å². The molecule has 0 atom stereocenters. The number of likely N-dealkylation sites (tertiary alicyclic amines) is 1. The fourth-order valence-electron chi connectivity index (χ4n) is 3.48. The van der Waals surface area contributed by atoms with Crippen LogP contribution in [0.1, 0.15) is 45.4 Å². The Morgan fingerprint density at radius 1 is 0.704 bits per heavy atom. The third-order valence-corrected chi connectivity index (χ3v) is 5.14. The van der Waals surface area contributed by atoms with Gasteiger partial charge >= 0.3 is 0 Å². The molecule has 0 aliphatic carbocycles. The molecular weight excluding hydrogens is 334 g/mol. The van der Waals surface area contributed by atoms with E-state index >= 15 is 0 Å². The first-order valence-electron chi connectivity index (χ1n) is 10.5. The molecule has 0 spiro atoms. The van der Waals surface area contributed by atoms with Gasteiger partial charge in [-0.15, -0.1) is 0 Å². The van der Waals surface area contributed by atoms with E-state index < -0.39 is 0 Å². The Hall–Kier alpha value is -2.00. The van der Waals surface area contributed by atoms with Crippen molar-refractivity contribution >= 4 is 0 Å². The van der Waals surface area contributed by atoms with E-state index in [2.05, 4.69) is 60.4 Å². The molecule has 1 aliphatic heterocycles. The molecule has 0 N–H and O–H groups in total. The summed E-state index contributed by atoms with van der Waals surface area (Å²) >= 11 is 0. The maximum absolute atomic E-state index is 5.92. The van der Waals surface area contributed by atoms with Crippen LogP contribution in [0.4, 0.5) is 0 Å². The number of rotatable bonds is 10. The first-order valence-corrected chi connectivity index (χ1v) is 10.5. The fraction of sp³-hybridized carbons (Fsp3) is 0.500. The van der Waals surface area contributed by atoms with E-state index in [0.29, 0.717) is 0 Å². The van der Waals surface area contributed by atoms with Crippen molar-refractivity contribution in [3.05, 3.63) is 48.5 Å². The number of hydrogen-bond donors (Lipinski definition) is 0. The maximum Gasteiger partial charge on any atom is 0.119 e. The van der Waals surface area contributed by atoms with Crippen molar-refractivity contribution in [2.75, 3.05) is 32.8 Å². The molecule has 3 nitrogen and oxygen atoms in total. The lowest BCUT2D eigenvalue weighted by molar-refractivity contribution is 0.205. The SMILES string of the molecule is CCCCOc1ccc(-c2ccc(OCCCN3CCCCC3)cc2)cc1. The number of nitrogens with zero attached hydrogens (tertiary/aromatic N) is 1. The van der Waals surface area contributed by atoms with E-state index in [1.165, 1.54) is 43.5 Å². The summed E-state index contributed by atoms with van der Waals surface area (Å²) in [5.41, 5.74) is 2.41. The van der Waals surface area contributed by atoms with E-state index in [9.17, 15) is 0 Å². The van der Waals surface area contributed by atoms with Gasteiger partial charge in [0, 0.05) is 6.54 Å². The number of benzene rings is 2. The van der Waals surface area contributed by atoms with Crippen molar-refractivity contribution in [1.29, 1.82) is 0 Å². The van der Waals surface area contributed by atoms with Crippen molar-refractivity contribution in [3.63, 3.8) is 0 Å². The van der Waals surface area contributed by atoms with Gasteiger partial charge in [-0.25, -0.2) is 0 Å². The van der Waals surface area contributed by atoms with E-state index in [0.717, 1.165) is 50.5 Å². The predicted octanol–water partition coefficient (Wildman–Crippen LogP) is 5.79. The van der Waals surface area contributed by atoms with E-state index in [-0.39, 0.29) is 0 Å². The lowest BCUT2D eigenvalue weighted by Gasteiger charge is -2.26. The number of ether oxygens (including phenoxy) is 2. The number of hydrogen-bond acceptors (Lipinski definition) is 3. The van der Waals surface area contributed by atoms with Crippen LogP contribution in [0, 0.1) is 0 Å². The third-order valence-electron chi connectivity index (χ3n) is 5.14. The second kappa shape index (κ2) is 11.0. The molecule has 0 bridgehead atoms. The zero-order valence-electron chi connectivity index (χ0n) is 16.7. The highest BCUT2D eigenvalue weighted by Crippen LogP contribution is 2.25. The lowest BCUT2D eigenvalue weighted by Crippen LogP contribution is -2.31. The zero-order valence-corrected chi connectivity index (χ0v) is 16.7. The first kappa shape index (κ1) is 19.8. The molecule has 0 radical (unpaired) electrons. The minimum absolute atomic E-state index is 0.791. The van der Waals surface area contributed by atoms with E-state index in [1.807, 2.05) is 0 Å². The van der Waals surface area contributed by atoms with Gasteiger partial charge in [-0.05, 0) is 74.2 Å². The Kier molecular flexibility index (Phi) is 8.03. The summed E-state index contributed by atoms with van der Waals surface area (Å²) in [6, 6.07) is 16.8. The van der Waals surface area contributed by atoms with Crippen LogP contribution in [0.2, 0.25) is 0 Å². The van der Waals surface area contributed by atoms with E-state index in [4.69, 9.17) is 9.47 Å². The monoisotopic (exact) mass is 367 g/mol. The quantitative estimate of drug-likeness (QED) is 0.496. The molecule has 1 fully saturated rings. The third kappa shape index (κ3) is 6.59. The summed E-state index contributed by atoms with van der Waals surface area (Å²) in [5.74, 6) is 1.90. The van der Waals surface area contributed by atoms with Crippen molar-refractivity contribution in [2.45, 2.75) is 45.4 Å². The largest absolute Gasteiger partial charge is 0.494 e. The van der Waals surface area contributed by atoms with Gasteiger partial charge in [0.05, 0.1) is 13.2 Å². The van der Waals surface area contributed by atoms with Gasteiger partial charge in [-0.2, -0.15) is 0 Å². The molecule has 0 amide bonds. The van der Waals surface area contributed by atoms with Gasteiger partial charge in [0.1, 0.15) is 11.5 Å². The Morgan fingerprint density at radius 3 is 1.74 bits per heavy atom. The Balaban J connectivity index is 1.42. The van der Waals surface area contributed by atoms with Crippen LogP contribution in [-0.4, -0.2) is 37.7 Å². The van der Waals surface area contributed by atoms with Crippen LogP contribution in [0.5, 0.6) is 11.5 Å². The summed E-state index contributed by atoms with van der Waals surface area (Å²) in [4.78, 5) is 2.56. The van der Waals surface area contributed by atoms with Gasteiger partial charge in [0.15, 0.2) is 0 Å². The van der Waals surface area contributed by atoms with Crippen molar-refractivity contribution in [3.8, 4) is 22.6 Å². The van der Waals surface area contributed by atoms with Crippen LogP contribution in [0.25, 0.3) is 11.1 Å². The number of piperidine rings is 1. The highest BCUT2D eigenvalue weighted by molar-refractivity contribution is 5.64. The van der Waals surface area contributed by atoms with Gasteiger partial charge < -0.3 is 14.4 Å². The average molecular weight is 368 g/mol. The molecule has 146 valence electrons. The Labute approximate surface area is 164 Å². The molecule has 27 heavy (non-hydrogen) atoms. The van der Waals surface area contributed by atoms with Gasteiger partial charge in [0.25, 0.3) is 0 Å². The van der Waals surface area contributed by atoms with Crippen molar-refractivity contribution in [1.82, 2.24) is 4.90 Å². The summed E-state index contributed by atoms with van der Waals surface area (Å²) in [6.45, 7) is 7.44. The molecule has 2 aromatic rings. The smallest absolute Gasteiger partial charge is 0.119 e. The minimum atomic E-state index is 0.791. The minimum Gasteiger partial charge on any atom is -0.494 e. The Bertz CT molecular complexity index is 645. The van der Waals surface area contributed by atoms with E-state index in [1.54, 1.807) is 0 Å². The molecule has 0 unspecified atom stereocenters. The molecule has 1 aliphatic rings. The van der Waals surface area contributed by atoms with Crippen molar-refractivity contribution < 1.29 is 9.47 Å². The summed E-state index contributed by atoms with van der Waals surface area (Å²) in [5, 5.41) is 0. The summed E-state index contributed by atoms with van der Waals surface area (Å²) in [7, 11) is 0. The standard InChI is InChI=1S/C24H33NO2/c1-2-3-19-26-23-12-8-21(9-13-23)22-10-14-24(15-11-22)27-20-7-18-25-16-5-4-6-17-25/h8-15H,2-7,16-20H2,1H3. The Morgan fingerprint density at radius 2 is 1.22 bits per heavy atom. The summed E-state index contributed by atoms with van der Waals surface area (Å²) < 4.78 is 11.6. The van der Waals surface area contributed by atoms with Crippen LogP contribution >= 0.6 is 0 Å². The number of unbranched alkanes of at least 4 members (excludes halogenated alkanes) is 1. The normalized spacial score (nSPS) is 14.9. The zero-order chi connectivity index (χ0) is 18.7. The van der Waals surface area contributed by atoms with Crippen molar-refractivity contribution in [2.24, 2.45) is 0 Å². The molecular formula is C24H33NO2. The molecule has 1 saturated heterocycles. The lowest BCUT2D eigenvalue weighted by atomic mass is 10.1. The fourth-order valence-corrected chi connectivity index (χ4v) is 3.48. The first-order chi connectivity index (χ1) is 13.3. The topological polar surface area (TPSA) is 21.7 Å². The van der Waals surface area contributed by atoms with Crippen LogP contribution in [0.3, 0.4) is 0 Å². The molecule has 3 heteroatoms. The molecule has 3 rings (SSSR count). The average Bonchev–Trinajstić information content (AvgIpc) is 2.73. The molecule has 1 heterocycles. The maximum atomic E-state index is 5.92. The van der Waals surface area contributed by atoms with Crippen LogP contribution in [0.15, 0.2) is 48.5 Å². The molecule has 0 aromatic heterocycles. The van der Waals surface area contributed by atoms with Gasteiger partial charge in [0.2, 0.25) is 0 Å². The second-order valence-electron chi connectivity index (χ2n) is 7.36. The van der Waals surface area contributed by atoms with Gasteiger partial charge in [-0.3, -0.25) is 0 Å². The predicted molar refractivity (Wildman–Crippen MR) is 113 cm³/mol. The highest BCUT2D eigenvalue weighted by Gasteiger charge is 2.09. The second-order valence-corrected chi connectivity index (χ2v) is 7.36.